The van der Waals surface area contributed by atoms with Crippen LogP contribution in [0.4, 0.5) is 0 Å². The second-order valence-electron chi connectivity index (χ2n) is 3.97. The maximum atomic E-state index is 5.71. The Labute approximate surface area is 95.4 Å². The first-order chi connectivity index (χ1) is 7.29. The van der Waals surface area contributed by atoms with Crippen molar-refractivity contribution >= 4 is 10.5 Å². The molecule has 1 unspecified atom stereocenters. The van der Waals surface area contributed by atoms with Gasteiger partial charge in [-0.15, -0.1) is 0 Å². The quantitative estimate of drug-likeness (QED) is 0.730. The van der Waals surface area contributed by atoms with Gasteiger partial charge in [-0.3, -0.25) is 0 Å². The number of rotatable bonds is 6. The zero-order valence-electron chi connectivity index (χ0n) is 9.70. The summed E-state index contributed by atoms with van der Waals surface area (Å²) >= 11 is 0. The van der Waals surface area contributed by atoms with Gasteiger partial charge in [-0.1, -0.05) is 37.3 Å². The maximum Gasteiger partial charge on any atom is 0.146 e. The Morgan fingerprint density at radius 1 is 1.33 bits per heavy atom. The van der Waals surface area contributed by atoms with Crippen LogP contribution in [0.3, 0.4) is 0 Å². The van der Waals surface area contributed by atoms with Crippen molar-refractivity contribution in [3.8, 4) is 0 Å². The fourth-order valence-corrected chi connectivity index (χ4v) is 2.68. The molecule has 3 heteroatoms. The molecule has 0 aliphatic rings. The van der Waals surface area contributed by atoms with Crippen molar-refractivity contribution in [2.45, 2.75) is 25.2 Å². The molecule has 0 bridgehead atoms. The van der Waals surface area contributed by atoms with Crippen LogP contribution in [-0.4, -0.2) is 23.6 Å². The molecule has 1 rings (SSSR count). The smallest absolute Gasteiger partial charge is 0.146 e. The second kappa shape index (κ2) is 6.05. The van der Waals surface area contributed by atoms with Gasteiger partial charge in [0.1, 0.15) is 10.5 Å². The van der Waals surface area contributed by atoms with Crippen LogP contribution in [-0.2, 0) is 9.84 Å². The Hall–Kier alpha value is -0.643. The Morgan fingerprint density at radius 3 is 2.47 bits per heavy atom. The van der Waals surface area contributed by atoms with Gasteiger partial charge in [-0.2, -0.15) is 0 Å². The summed E-state index contributed by atoms with van der Waals surface area (Å²) in [5, 5.41) is 0. The van der Waals surface area contributed by atoms with E-state index < -0.39 is 0 Å². The Morgan fingerprint density at radius 2 is 2.00 bits per heavy atom. The summed E-state index contributed by atoms with van der Waals surface area (Å²) in [6, 6.07) is 10.6. The minimum Gasteiger partial charge on any atom is -0.427 e. The molecule has 2 nitrogen and oxygen atoms in total. The highest BCUT2D eigenvalue weighted by molar-refractivity contribution is 5.98. The minimum absolute atomic E-state index is 0.123. The summed E-state index contributed by atoms with van der Waals surface area (Å²) in [4.78, 5) is 0. The SMILES string of the molecule is CCC(CCN)(CO[SiH3])c1ccccc1. The highest BCUT2D eigenvalue weighted by Gasteiger charge is 2.28. The van der Waals surface area contributed by atoms with Gasteiger partial charge >= 0.3 is 0 Å². The first-order valence-electron chi connectivity index (χ1n) is 5.53. The fourth-order valence-electron chi connectivity index (χ4n) is 2.13. The van der Waals surface area contributed by atoms with E-state index >= 15 is 0 Å². The van der Waals surface area contributed by atoms with Crippen molar-refractivity contribution in [2.24, 2.45) is 5.73 Å². The topological polar surface area (TPSA) is 35.2 Å². The average molecular weight is 223 g/mol. The molecule has 0 aromatic heterocycles. The lowest BCUT2D eigenvalue weighted by molar-refractivity contribution is 0.214. The molecule has 0 spiro atoms. The van der Waals surface area contributed by atoms with Crippen molar-refractivity contribution in [1.29, 1.82) is 0 Å². The van der Waals surface area contributed by atoms with Crippen molar-refractivity contribution in [1.82, 2.24) is 0 Å². The Balaban J connectivity index is 2.97. The molecule has 2 N–H and O–H groups in total. The van der Waals surface area contributed by atoms with Crippen LogP contribution in [0.1, 0.15) is 25.3 Å². The number of nitrogens with two attached hydrogens (primary N) is 1. The van der Waals surface area contributed by atoms with E-state index in [4.69, 9.17) is 10.2 Å². The molecule has 1 aromatic carbocycles. The summed E-state index contributed by atoms with van der Waals surface area (Å²) in [6.45, 7) is 3.73. The average Bonchev–Trinajstić information content (AvgIpc) is 2.30. The summed E-state index contributed by atoms with van der Waals surface area (Å²) in [5.41, 5.74) is 7.19. The van der Waals surface area contributed by atoms with Crippen LogP contribution in [0, 0.1) is 0 Å². The molecule has 0 radical (unpaired) electrons. The van der Waals surface area contributed by atoms with Crippen LogP contribution in [0.2, 0.25) is 0 Å². The number of hydrogen-bond acceptors (Lipinski definition) is 2. The van der Waals surface area contributed by atoms with Crippen molar-refractivity contribution < 1.29 is 4.43 Å². The Kier molecular flexibility index (Phi) is 5.01. The lowest BCUT2D eigenvalue weighted by atomic mass is 9.76. The van der Waals surface area contributed by atoms with E-state index in [1.54, 1.807) is 0 Å². The van der Waals surface area contributed by atoms with Gasteiger partial charge in [0.15, 0.2) is 0 Å². The summed E-state index contributed by atoms with van der Waals surface area (Å²) in [6.07, 6.45) is 2.08. The third-order valence-electron chi connectivity index (χ3n) is 3.11. The van der Waals surface area contributed by atoms with E-state index in [9.17, 15) is 0 Å². The molecular formula is C12H21NOSi. The highest BCUT2D eigenvalue weighted by atomic mass is 28.2. The first-order valence-corrected chi connectivity index (χ1v) is 6.35. The fraction of sp³-hybridized carbons (Fsp3) is 0.500. The molecule has 0 saturated carbocycles. The standard InChI is InChI=1S/C12H21NOSi/c1-2-12(8-9-13,10-14-15)11-6-4-3-5-7-11/h3-7H,2,8-10,13H2,1,15H3. The molecule has 0 fully saturated rings. The zero-order valence-corrected chi connectivity index (χ0v) is 11.7. The van der Waals surface area contributed by atoms with E-state index in [-0.39, 0.29) is 5.41 Å². The van der Waals surface area contributed by atoms with Crippen molar-refractivity contribution in [2.75, 3.05) is 13.2 Å². The van der Waals surface area contributed by atoms with Crippen LogP contribution >= 0.6 is 0 Å². The zero-order chi connectivity index (χ0) is 11.1. The predicted octanol–water partition coefficient (Wildman–Crippen LogP) is 0.980. The Bertz CT molecular complexity index is 270. The third kappa shape index (κ3) is 2.90. The normalized spacial score (nSPS) is 15.1. The van der Waals surface area contributed by atoms with Crippen LogP contribution in [0.15, 0.2) is 30.3 Å². The largest absolute Gasteiger partial charge is 0.427 e. The second-order valence-corrected chi connectivity index (χ2v) is 4.55. The minimum atomic E-state index is 0.123. The first kappa shape index (κ1) is 12.4. The van der Waals surface area contributed by atoms with Gasteiger partial charge in [0, 0.05) is 12.0 Å². The van der Waals surface area contributed by atoms with Crippen molar-refractivity contribution in [3.63, 3.8) is 0 Å². The van der Waals surface area contributed by atoms with E-state index in [2.05, 4.69) is 31.2 Å². The number of hydrogen-bond donors (Lipinski definition) is 1. The molecule has 0 saturated heterocycles. The van der Waals surface area contributed by atoms with Crippen LogP contribution < -0.4 is 5.73 Å². The van der Waals surface area contributed by atoms with E-state index in [0.717, 1.165) is 29.9 Å². The van der Waals surface area contributed by atoms with Gasteiger partial charge in [0.05, 0.1) is 0 Å². The number of benzene rings is 1. The van der Waals surface area contributed by atoms with Gasteiger partial charge < -0.3 is 10.2 Å². The maximum absolute atomic E-state index is 5.71. The van der Waals surface area contributed by atoms with Gasteiger partial charge in [0.2, 0.25) is 0 Å². The molecule has 0 amide bonds. The van der Waals surface area contributed by atoms with E-state index in [0.29, 0.717) is 6.54 Å². The molecule has 15 heavy (non-hydrogen) atoms. The molecule has 1 atom stereocenters. The van der Waals surface area contributed by atoms with Crippen molar-refractivity contribution in [3.05, 3.63) is 35.9 Å². The molecule has 0 aliphatic carbocycles. The summed E-state index contributed by atoms with van der Waals surface area (Å²) in [5.74, 6) is 0. The van der Waals surface area contributed by atoms with Crippen LogP contribution in [0.5, 0.6) is 0 Å². The van der Waals surface area contributed by atoms with Gasteiger partial charge in [-0.25, -0.2) is 0 Å². The predicted molar refractivity (Wildman–Crippen MR) is 68.0 cm³/mol. The van der Waals surface area contributed by atoms with Gasteiger partial charge in [-0.05, 0) is 24.9 Å². The van der Waals surface area contributed by atoms with Crippen LogP contribution in [0.25, 0.3) is 0 Å². The monoisotopic (exact) mass is 223 g/mol. The summed E-state index contributed by atoms with van der Waals surface area (Å²) < 4.78 is 5.49. The molecule has 1 aromatic rings. The van der Waals surface area contributed by atoms with E-state index in [1.165, 1.54) is 5.56 Å². The van der Waals surface area contributed by atoms with Gasteiger partial charge in [0.25, 0.3) is 0 Å². The lowest BCUT2D eigenvalue weighted by Crippen LogP contribution is -2.33. The lowest BCUT2D eigenvalue weighted by Gasteiger charge is -2.32. The van der Waals surface area contributed by atoms with E-state index in [1.807, 2.05) is 6.07 Å². The third-order valence-corrected chi connectivity index (χ3v) is 3.40. The highest BCUT2D eigenvalue weighted by Crippen LogP contribution is 2.31. The molecular weight excluding hydrogens is 202 g/mol. The molecule has 84 valence electrons. The summed E-state index contributed by atoms with van der Waals surface area (Å²) in [7, 11) is 0.792. The molecule has 0 aliphatic heterocycles. The molecule has 0 heterocycles.